The Bertz CT molecular complexity index is 1670. The van der Waals surface area contributed by atoms with Crippen LogP contribution in [0.5, 0.6) is 0 Å². The van der Waals surface area contributed by atoms with Gasteiger partial charge in [-0.05, 0) is 47.3 Å². The summed E-state index contributed by atoms with van der Waals surface area (Å²) in [6.45, 7) is 3.14. The maximum absolute atomic E-state index is 2.47. The van der Waals surface area contributed by atoms with E-state index in [4.69, 9.17) is 0 Å². The summed E-state index contributed by atoms with van der Waals surface area (Å²) in [6, 6.07) is 37.8. The Morgan fingerprint density at radius 3 is 2.09 bits per heavy atom. The normalized spacial score (nSPS) is 12.6. The standard InChI is InChI=1S/C30H22N2/c1-2-31-28-18-22-11-4-3-10-21(22)17-26(28)25-13-7-8-14-27(25)32-29(31)19-23-16-15-20-9-5-6-12-24(20)30(23)32/h3-19H,2H2,1H3. The minimum absolute atomic E-state index is 0.896. The van der Waals surface area contributed by atoms with Gasteiger partial charge in [0.05, 0.1) is 16.9 Å². The van der Waals surface area contributed by atoms with Crippen LogP contribution in [0.2, 0.25) is 0 Å². The van der Waals surface area contributed by atoms with Gasteiger partial charge in [-0.1, -0.05) is 78.9 Å². The number of aromatic nitrogens is 1. The zero-order chi connectivity index (χ0) is 21.2. The van der Waals surface area contributed by atoms with Crippen molar-refractivity contribution in [2.45, 2.75) is 6.92 Å². The first kappa shape index (κ1) is 17.6. The van der Waals surface area contributed by atoms with Gasteiger partial charge in [0.25, 0.3) is 0 Å². The van der Waals surface area contributed by atoms with Crippen LogP contribution in [0.3, 0.4) is 0 Å². The first-order valence-corrected chi connectivity index (χ1v) is 11.3. The van der Waals surface area contributed by atoms with Gasteiger partial charge in [0.2, 0.25) is 0 Å². The number of nitrogens with zero attached hydrogens (tertiary/aromatic N) is 2. The van der Waals surface area contributed by atoms with E-state index in [0.717, 1.165) is 6.54 Å². The molecule has 1 aromatic heterocycles. The van der Waals surface area contributed by atoms with Crippen LogP contribution in [-0.4, -0.2) is 11.1 Å². The van der Waals surface area contributed by atoms with Crippen molar-refractivity contribution in [1.82, 2.24) is 4.57 Å². The molecule has 0 fully saturated rings. The van der Waals surface area contributed by atoms with Gasteiger partial charge in [-0.2, -0.15) is 0 Å². The zero-order valence-electron chi connectivity index (χ0n) is 17.9. The van der Waals surface area contributed by atoms with Crippen LogP contribution in [0.25, 0.3) is 49.3 Å². The van der Waals surface area contributed by atoms with Crippen molar-refractivity contribution in [3.63, 3.8) is 0 Å². The van der Waals surface area contributed by atoms with Crippen LogP contribution in [0.15, 0.2) is 103 Å². The molecule has 0 aliphatic carbocycles. The molecule has 7 rings (SSSR count). The molecule has 1 aliphatic rings. The molecule has 0 saturated heterocycles. The van der Waals surface area contributed by atoms with Crippen molar-refractivity contribution in [3.8, 4) is 16.8 Å². The average Bonchev–Trinajstić information content (AvgIpc) is 3.19. The lowest BCUT2D eigenvalue weighted by molar-refractivity contribution is 0.970. The molecule has 0 unspecified atom stereocenters. The summed E-state index contributed by atoms with van der Waals surface area (Å²) in [4.78, 5) is 2.47. The van der Waals surface area contributed by atoms with E-state index in [1.54, 1.807) is 0 Å². The summed E-state index contributed by atoms with van der Waals surface area (Å²) in [5, 5.41) is 6.39. The smallest absolute Gasteiger partial charge is 0.118 e. The second-order valence-electron chi connectivity index (χ2n) is 8.54. The van der Waals surface area contributed by atoms with Gasteiger partial charge in [0.15, 0.2) is 0 Å². The molecule has 0 atom stereocenters. The summed E-state index contributed by atoms with van der Waals surface area (Å²) < 4.78 is 2.47. The summed E-state index contributed by atoms with van der Waals surface area (Å²) in [5.74, 6) is 1.22. The van der Waals surface area contributed by atoms with Crippen molar-refractivity contribution in [3.05, 3.63) is 103 Å². The number of fused-ring (bicyclic) bond motifs is 10. The van der Waals surface area contributed by atoms with Crippen LogP contribution in [0.4, 0.5) is 11.5 Å². The summed E-state index contributed by atoms with van der Waals surface area (Å²) in [5.41, 5.74) is 6.35. The van der Waals surface area contributed by atoms with Crippen LogP contribution in [0.1, 0.15) is 6.92 Å². The van der Waals surface area contributed by atoms with Crippen molar-refractivity contribution in [2.75, 3.05) is 11.4 Å². The van der Waals surface area contributed by atoms with E-state index < -0.39 is 0 Å². The number of hydrogen-bond donors (Lipinski definition) is 0. The molecular formula is C30H22N2. The average molecular weight is 411 g/mol. The SMILES string of the molecule is CCN1c2cc3ccccc3cc2-c2ccccc2-n2c1cc1ccc3ccccc3c12. The third-order valence-corrected chi connectivity index (χ3v) is 6.85. The van der Waals surface area contributed by atoms with Gasteiger partial charge in [-0.25, -0.2) is 0 Å². The number of anilines is 2. The summed E-state index contributed by atoms with van der Waals surface area (Å²) >= 11 is 0. The van der Waals surface area contributed by atoms with Crippen LogP contribution < -0.4 is 4.90 Å². The molecule has 0 bridgehead atoms. The highest BCUT2D eigenvalue weighted by atomic mass is 15.3. The molecule has 2 heteroatoms. The van der Waals surface area contributed by atoms with Gasteiger partial charge in [0.1, 0.15) is 5.82 Å². The molecule has 0 saturated carbocycles. The van der Waals surface area contributed by atoms with Crippen molar-refractivity contribution in [1.29, 1.82) is 0 Å². The van der Waals surface area contributed by atoms with Gasteiger partial charge < -0.3 is 4.90 Å². The Balaban J connectivity index is 1.69. The second-order valence-corrected chi connectivity index (χ2v) is 8.54. The quantitative estimate of drug-likeness (QED) is 0.266. The predicted octanol–water partition coefficient (Wildman–Crippen LogP) is 8.08. The summed E-state index contributed by atoms with van der Waals surface area (Å²) in [6.07, 6.45) is 0. The zero-order valence-corrected chi connectivity index (χ0v) is 17.9. The Labute approximate surface area is 186 Å². The van der Waals surface area contributed by atoms with E-state index in [1.807, 2.05) is 0 Å². The molecule has 5 aromatic carbocycles. The Morgan fingerprint density at radius 1 is 0.562 bits per heavy atom. The Morgan fingerprint density at radius 2 is 1.25 bits per heavy atom. The third kappa shape index (κ3) is 2.29. The highest BCUT2D eigenvalue weighted by Gasteiger charge is 2.26. The monoisotopic (exact) mass is 410 g/mol. The highest BCUT2D eigenvalue weighted by molar-refractivity contribution is 6.10. The second kappa shape index (κ2) is 6.48. The Hall–Kier alpha value is -4.04. The van der Waals surface area contributed by atoms with E-state index in [2.05, 4.69) is 120 Å². The number of benzene rings is 5. The van der Waals surface area contributed by atoms with E-state index in [9.17, 15) is 0 Å². The first-order chi connectivity index (χ1) is 15.8. The molecule has 0 N–H and O–H groups in total. The molecule has 32 heavy (non-hydrogen) atoms. The predicted molar refractivity (Wildman–Crippen MR) is 136 cm³/mol. The lowest BCUT2D eigenvalue weighted by Crippen LogP contribution is -2.18. The van der Waals surface area contributed by atoms with Crippen molar-refractivity contribution >= 4 is 44.0 Å². The maximum atomic E-state index is 2.47. The van der Waals surface area contributed by atoms with Gasteiger partial charge in [-0.3, -0.25) is 4.57 Å². The van der Waals surface area contributed by atoms with E-state index >= 15 is 0 Å². The number of hydrogen-bond acceptors (Lipinski definition) is 1. The third-order valence-electron chi connectivity index (χ3n) is 6.85. The minimum atomic E-state index is 0.896. The topological polar surface area (TPSA) is 8.17 Å². The number of para-hydroxylation sites is 1. The van der Waals surface area contributed by atoms with E-state index in [0.29, 0.717) is 0 Å². The van der Waals surface area contributed by atoms with Gasteiger partial charge in [-0.15, -0.1) is 0 Å². The molecule has 2 heterocycles. The molecule has 2 nitrogen and oxygen atoms in total. The highest BCUT2D eigenvalue weighted by Crippen LogP contribution is 2.47. The molecule has 0 radical (unpaired) electrons. The molecule has 1 aliphatic heterocycles. The molecule has 0 amide bonds. The molecular weight excluding hydrogens is 388 g/mol. The van der Waals surface area contributed by atoms with Crippen molar-refractivity contribution in [2.24, 2.45) is 0 Å². The van der Waals surface area contributed by atoms with E-state index in [1.165, 1.54) is 60.8 Å². The van der Waals surface area contributed by atoms with Crippen LogP contribution in [-0.2, 0) is 0 Å². The fourth-order valence-corrected chi connectivity index (χ4v) is 5.42. The fraction of sp³-hybridized carbons (Fsp3) is 0.0667. The largest absolute Gasteiger partial charge is 0.327 e. The first-order valence-electron chi connectivity index (χ1n) is 11.3. The van der Waals surface area contributed by atoms with Gasteiger partial charge >= 0.3 is 0 Å². The van der Waals surface area contributed by atoms with Gasteiger partial charge in [0, 0.05) is 28.4 Å². The fourth-order valence-electron chi connectivity index (χ4n) is 5.42. The minimum Gasteiger partial charge on any atom is -0.327 e. The summed E-state index contributed by atoms with van der Waals surface area (Å²) in [7, 11) is 0. The van der Waals surface area contributed by atoms with E-state index in [-0.39, 0.29) is 0 Å². The lowest BCUT2D eigenvalue weighted by atomic mass is 9.97. The maximum Gasteiger partial charge on any atom is 0.118 e. The number of rotatable bonds is 1. The van der Waals surface area contributed by atoms with Crippen LogP contribution >= 0.6 is 0 Å². The molecule has 0 spiro atoms. The van der Waals surface area contributed by atoms with Crippen LogP contribution in [0, 0.1) is 0 Å². The van der Waals surface area contributed by atoms with Crippen molar-refractivity contribution < 1.29 is 0 Å². The Kier molecular flexibility index (Phi) is 3.57. The lowest BCUT2D eigenvalue weighted by Gasteiger charge is -2.24. The molecule has 152 valence electrons. The molecule has 6 aromatic rings.